The van der Waals surface area contributed by atoms with E-state index in [1.165, 1.54) is 0 Å². The van der Waals surface area contributed by atoms with Crippen LogP contribution in [0.3, 0.4) is 0 Å². The predicted molar refractivity (Wildman–Crippen MR) is 87.4 cm³/mol. The second-order valence-electron chi connectivity index (χ2n) is 5.13. The topological polar surface area (TPSA) is 55.4 Å². The van der Waals surface area contributed by atoms with Crippen molar-refractivity contribution in [1.82, 2.24) is 5.32 Å². The number of rotatable bonds is 5. The number of hydrogen-bond donors (Lipinski definition) is 1. The Bertz CT molecular complexity index is 790. The molecule has 132 valence electrons. The van der Waals surface area contributed by atoms with Gasteiger partial charge in [-0.25, -0.2) is 18.0 Å². The van der Waals surface area contributed by atoms with Crippen LogP contribution < -0.4 is 5.32 Å². The van der Waals surface area contributed by atoms with E-state index < -0.39 is 40.9 Å². The van der Waals surface area contributed by atoms with Gasteiger partial charge in [0, 0.05) is 23.0 Å². The number of ether oxygens (including phenoxy) is 1. The lowest BCUT2D eigenvalue weighted by Crippen LogP contribution is -2.43. The molecule has 0 aromatic heterocycles. The molecule has 0 aliphatic carbocycles. The zero-order valence-corrected chi connectivity index (χ0v) is 14.6. The molecule has 0 fully saturated rings. The molecule has 0 saturated heterocycles. The summed E-state index contributed by atoms with van der Waals surface area (Å²) in [5.74, 6) is -5.83. The quantitative estimate of drug-likeness (QED) is 0.761. The minimum absolute atomic E-state index is 0.0439. The maximum absolute atomic E-state index is 13.7. The largest absolute Gasteiger partial charge is 0.467 e. The van der Waals surface area contributed by atoms with Crippen molar-refractivity contribution in [3.63, 3.8) is 0 Å². The smallest absolute Gasteiger partial charge is 0.328 e. The van der Waals surface area contributed by atoms with E-state index >= 15 is 0 Å². The molecule has 2 aromatic rings. The van der Waals surface area contributed by atoms with Gasteiger partial charge < -0.3 is 10.1 Å². The van der Waals surface area contributed by atoms with Crippen molar-refractivity contribution in [3.8, 4) is 0 Å². The molecule has 1 N–H and O–H groups in total. The Labute approximate surface area is 150 Å². The normalized spacial score (nSPS) is 11.7. The molecule has 0 spiro atoms. The fourth-order valence-electron chi connectivity index (χ4n) is 2.22. The molecule has 4 nitrogen and oxygen atoms in total. The van der Waals surface area contributed by atoms with E-state index in [-0.39, 0.29) is 6.42 Å². The van der Waals surface area contributed by atoms with Crippen LogP contribution >= 0.6 is 15.9 Å². The van der Waals surface area contributed by atoms with E-state index in [1.54, 1.807) is 24.3 Å². The summed E-state index contributed by atoms with van der Waals surface area (Å²) in [5, 5.41) is 2.22. The van der Waals surface area contributed by atoms with Crippen LogP contribution in [0.2, 0.25) is 0 Å². The van der Waals surface area contributed by atoms with Gasteiger partial charge in [-0.05, 0) is 17.7 Å². The molecule has 0 saturated carbocycles. The van der Waals surface area contributed by atoms with Gasteiger partial charge in [-0.3, -0.25) is 4.79 Å². The summed E-state index contributed by atoms with van der Waals surface area (Å²) in [4.78, 5) is 24.1. The third kappa shape index (κ3) is 4.82. The van der Waals surface area contributed by atoms with Crippen molar-refractivity contribution < 1.29 is 27.5 Å². The number of halogens is 4. The van der Waals surface area contributed by atoms with Crippen LogP contribution in [0.25, 0.3) is 0 Å². The molecule has 8 heteroatoms. The standard InChI is InChI=1S/C17H13BrF3NO3/c1-25-17(24)14(6-9-3-2-4-10(18)5-9)22-16(23)15-12(20)7-11(19)8-13(15)21/h2-5,7-8,14H,6H2,1H3,(H,22,23)/t14-/m0/s1. The monoisotopic (exact) mass is 415 g/mol. The van der Waals surface area contributed by atoms with Crippen molar-refractivity contribution >= 4 is 27.8 Å². The second-order valence-corrected chi connectivity index (χ2v) is 6.04. The Hall–Kier alpha value is -2.35. The molecule has 0 heterocycles. The zero-order chi connectivity index (χ0) is 18.6. The number of esters is 1. The van der Waals surface area contributed by atoms with Gasteiger partial charge in [-0.1, -0.05) is 28.1 Å². The molecule has 0 aliphatic rings. The predicted octanol–water partition coefficient (Wildman–Crippen LogP) is 3.38. The highest BCUT2D eigenvalue weighted by Crippen LogP contribution is 2.17. The van der Waals surface area contributed by atoms with E-state index in [9.17, 15) is 22.8 Å². The van der Waals surface area contributed by atoms with Gasteiger partial charge in [0.1, 0.15) is 29.1 Å². The van der Waals surface area contributed by atoms with Crippen LogP contribution in [0.5, 0.6) is 0 Å². The van der Waals surface area contributed by atoms with E-state index in [0.29, 0.717) is 17.7 Å². The highest BCUT2D eigenvalue weighted by Gasteiger charge is 2.26. The fraction of sp³-hybridized carbons (Fsp3) is 0.176. The van der Waals surface area contributed by atoms with Crippen LogP contribution in [0, 0.1) is 17.5 Å². The van der Waals surface area contributed by atoms with Gasteiger partial charge in [-0.2, -0.15) is 0 Å². The van der Waals surface area contributed by atoms with Crippen LogP contribution in [-0.4, -0.2) is 25.0 Å². The summed E-state index contributed by atoms with van der Waals surface area (Å²) in [7, 11) is 1.13. The minimum Gasteiger partial charge on any atom is -0.467 e. The highest BCUT2D eigenvalue weighted by molar-refractivity contribution is 9.10. The third-order valence-electron chi connectivity index (χ3n) is 3.35. The van der Waals surface area contributed by atoms with Crippen LogP contribution in [0.15, 0.2) is 40.9 Å². The summed E-state index contributed by atoms with van der Waals surface area (Å²) < 4.78 is 45.8. The Morgan fingerprint density at radius 2 is 1.80 bits per heavy atom. The van der Waals surface area contributed by atoms with Crippen LogP contribution in [0.1, 0.15) is 15.9 Å². The number of amides is 1. The van der Waals surface area contributed by atoms with E-state index in [1.807, 2.05) is 0 Å². The minimum atomic E-state index is -1.36. The van der Waals surface area contributed by atoms with Gasteiger partial charge >= 0.3 is 5.97 Å². The Morgan fingerprint density at radius 1 is 1.16 bits per heavy atom. The Balaban J connectivity index is 2.25. The maximum Gasteiger partial charge on any atom is 0.328 e. The second kappa shape index (κ2) is 8.15. The lowest BCUT2D eigenvalue weighted by atomic mass is 10.1. The molecule has 0 bridgehead atoms. The number of carbonyl (C=O) groups is 2. The number of nitrogens with one attached hydrogen (secondary N) is 1. The summed E-state index contributed by atoms with van der Waals surface area (Å²) in [5.41, 5.74) is -0.283. The van der Waals surface area contributed by atoms with E-state index in [4.69, 9.17) is 0 Å². The third-order valence-corrected chi connectivity index (χ3v) is 3.85. The molecule has 1 atom stereocenters. The SMILES string of the molecule is COC(=O)[C@H](Cc1cccc(Br)c1)NC(=O)c1c(F)cc(F)cc1F. The van der Waals surface area contributed by atoms with Crippen molar-refractivity contribution in [2.75, 3.05) is 7.11 Å². The lowest BCUT2D eigenvalue weighted by molar-refractivity contribution is -0.142. The summed E-state index contributed by atoms with van der Waals surface area (Å²) in [6.07, 6.45) is 0.0439. The number of methoxy groups -OCH3 is 1. The first-order chi connectivity index (χ1) is 11.8. The Morgan fingerprint density at radius 3 is 2.36 bits per heavy atom. The van der Waals surface area contributed by atoms with Gasteiger partial charge in [0.2, 0.25) is 0 Å². The van der Waals surface area contributed by atoms with E-state index in [0.717, 1.165) is 11.6 Å². The maximum atomic E-state index is 13.7. The summed E-state index contributed by atoms with van der Waals surface area (Å²) in [6.45, 7) is 0. The highest BCUT2D eigenvalue weighted by atomic mass is 79.9. The van der Waals surface area contributed by atoms with E-state index in [2.05, 4.69) is 26.0 Å². The van der Waals surface area contributed by atoms with Gasteiger partial charge in [0.15, 0.2) is 0 Å². The molecule has 2 aromatic carbocycles. The molecule has 0 radical (unpaired) electrons. The van der Waals surface area contributed by atoms with Gasteiger partial charge in [0.25, 0.3) is 5.91 Å². The van der Waals surface area contributed by atoms with Crippen molar-refractivity contribution in [2.24, 2.45) is 0 Å². The average molecular weight is 416 g/mol. The molecular weight excluding hydrogens is 403 g/mol. The van der Waals surface area contributed by atoms with Crippen LogP contribution in [-0.2, 0) is 16.0 Å². The molecule has 0 aliphatic heterocycles. The molecular formula is C17H13BrF3NO3. The average Bonchev–Trinajstić information content (AvgIpc) is 2.52. The first kappa shape index (κ1) is 19.0. The van der Waals surface area contributed by atoms with Gasteiger partial charge in [0.05, 0.1) is 7.11 Å². The zero-order valence-electron chi connectivity index (χ0n) is 13.0. The number of hydrogen-bond acceptors (Lipinski definition) is 3. The summed E-state index contributed by atoms with van der Waals surface area (Å²) >= 11 is 3.28. The number of benzene rings is 2. The van der Waals surface area contributed by atoms with Crippen molar-refractivity contribution in [3.05, 3.63) is 69.4 Å². The van der Waals surface area contributed by atoms with Crippen molar-refractivity contribution in [1.29, 1.82) is 0 Å². The first-order valence-corrected chi connectivity index (χ1v) is 7.88. The molecule has 2 rings (SSSR count). The summed E-state index contributed by atoms with van der Waals surface area (Å²) in [6, 6.07) is 6.55. The first-order valence-electron chi connectivity index (χ1n) is 7.09. The fourth-order valence-corrected chi connectivity index (χ4v) is 2.67. The molecule has 1 amide bonds. The lowest BCUT2D eigenvalue weighted by Gasteiger charge is -2.17. The Kier molecular flexibility index (Phi) is 6.19. The molecule has 0 unspecified atom stereocenters. The number of carbonyl (C=O) groups excluding carboxylic acids is 2. The van der Waals surface area contributed by atoms with Crippen LogP contribution in [0.4, 0.5) is 13.2 Å². The molecule has 25 heavy (non-hydrogen) atoms. The van der Waals surface area contributed by atoms with Gasteiger partial charge in [-0.15, -0.1) is 0 Å². The van der Waals surface area contributed by atoms with Crippen molar-refractivity contribution in [2.45, 2.75) is 12.5 Å².